The van der Waals surface area contributed by atoms with Gasteiger partial charge in [-0.3, -0.25) is 9.59 Å². The average molecular weight is 354 g/mol. The number of rotatable bonds is 3. The molecule has 2 aliphatic carbocycles. The third-order valence-electron chi connectivity index (χ3n) is 6.42. The molecule has 0 aromatic heterocycles. The topological polar surface area (TPSA) is 49.4 Å². The highest BCUT2D eigenvalue weighted by atomic mass is 16.2. The van der Waals surface area contributed by atoms with Gasteiger partial charge in [0, 0.05) is 17.6 Å². The van der Waals surface area contributed by atoms with Gasteiger partial charge in [-0.1, -0.05) is 63.1 Å². The molecule has 2 amide bonds. The van der Waals surface area contributed by atoms with Crippen molar-refractivity contribution in [1.82, 2.24) is 10.2 Å². The molecular weight excluding hydrogens is 324 g/mol. The van der Waals surface area contributed by atoms with E-state index in [-0.39, 0.29) is 23.9 Å². The number of nitrogens with one attached hydrogen (secondary N) is 1. The summed E-state index contributed by atoms with van der Waals surface area (Å²) in [4.78, 5) is 28.3. The smallest absolute Gasteiger partial charge is 0.255 e. The van der Waals surface area contributed by atoms with Crippen LogP contribution in [0.15, 0.2) is 24.3 Å². The molecule has 4 rings (SSSR count). The van der Waals surface area contributed by atoms with E-state index < -0.39 is 6.04 Å². The van der Waals surface area contributed by atoms with Gasteiger partial charge in [-0.05, 0) is 37.3 Å². The van der Waals surface area contributed by atoms with Crippen molar-refractivity contribution in [2.24, 2.45) is 0 Å². The Kier molecular flexibility index (Phi) is 5.28. The van der Waals surface area contributed by atoms with Gasteiger partial charge in [-0.2, -0.15) is 0 Å². The summed E-state index contributed by atoms with van der Waals surface area (Å²) < 4.78 is 0. The fraction of sp³-hybridized carbons (Fsp3) is 0.636. The van der Waals surface area contributed by atoms with Crippen LogP contribution in [0.1, 0.15) is 92.6 Å². The number of hydrogen-bond donors (Lipinski definition) is 1. The van der Waals surface area contributed by atoms with E-state index in [4.69, 9.17) is 0 Å². The first kappa shape index (κ1) is 17.6. The summed E-state index contributed by atoms with van der Waals surface area (Å²) >= 11 is 0. The standard InChI is InChI=1S/C22H30N2O2/c25-21(23-16-10-6-7-11-16)20-18-14-8-9-15-19(18)22(26)24(20)17-12-4-2-1-3-5-13-17/h8-9,14-17,20H,1-7,10-13H2,(H,23,25). The number of carbonyl (C=O) groups excluding carboxylic acids is 2. The number of nitrogens with zero attached hydrogens (tertiary/aromatic N) is 1. The number of hydrogen-bond acceptors (Lipinski definition) is 2. The minimum Gasteiger partial charge on any atom is -0.351 e. The van der Waals surface area contributed by atoms with Crippen LogP contribution in [-0.2, 0) is 4.79 Å². The Morgan fingerprint density at radius 1 is 0.885 bits per heavy atom. The Hall–Kier alpha value is -1.84. The fourth-order valence-electron chi connectivity index (χ4n) is 5.04. The molecule has 4 heteroatoms. The molecule has 1 heterocycles. The van der Waals surface area contributed by atoms with Crippen LogP contribution in [0.3, 0.4) is 0 Å². The van der Waals surface area contributed by atoms with Gasteiger partial charge in [-0.15, -0.1) is 0 Å². The van der Waals surface area contributed by atoms with Crippen molar-refractivity contribution in [2.45, 2.75) is 88.8 Å². The van der Waals surface area contributed by atoms with E-state index in [0.717, 1.165) is 49.7 Å². The van der Waals surface area contributed by atoms with Gasteiger partial charge in [0.25, 0.3) is 5.91 Å². The van der Waals surface area contributed by atoms with Crippen molar-refractivity contribution in [2.75, 3.05) is 0 Å². The first-order valence-electron chi connectivity index (χ1n) is 10.5. The summed E-state index contributed by atoms with van der Waals surface area (Å²) in [5.74, 6) is 0.0787. The molecule has 1 N–H and O–H groups in total. The monoisotopic (exact) mass is 354 g/mol. The molecule has 0 saturated heterocycles. The van der Waals surface area contributed by atoms with Crippen LogP contribution in [0.2, 0.25) is 0 Å². The van der Waals surface area contributed by atoms with Crippen molar-refractivity contribution in [1.29, 1.82) is 0 Å². The van der Waals surface area contributed by atoms with Gasteiger partial charge < -0.3 is 10.2 Å². The maximum atomic E-state index is 13.2. The zero-order valence-electron chi connectivity index (χ0n) is 15.6. The van der Waals surface area contributed by atoms with Gasteiger partial charge >= 0.3 is 0 Å². The second-order valence-electron chi connectivity index (χ2n) is 8.19. The third kappa shape index (κ3) is 3.38. The lowest BCUT2D eigenvalue weighted by atomic mass is 9.94. The molecule has 0 radical (unpaired) electrons. The molecule has 0 bridgehead atoms. The molecule has 1 aromatic rings. The predicted octanol–water partition coefficient (Wildman–Crippen LogP) is 4.36. The zero-order chi connectivity index (χ0) is 17.9. The largest absolute Gasteiger partial charge is 0.351 e. The molecule has 1 aliphatic heterocycles. The summed E-state index contributed by atoms with van der Waals surface area (Å²) in [6, 6.07) is 7.74. The van der Waals surface area contributed by atoms with E-state index in [1.165, 1.54) is 32.1 Å². The lowest BCUT2D eigenvalue weighted by Gasteiger charge is -2.34. The summed E-state index contributed by atoms with van der Waals surface area (Å²) in [5.41, 5.74) is 1.62. The molecule has 1 unspecified atom stereocenters. The Morgan fingerprint density at radius 2 is 1.50 bits per heavy atom. The van der Waals surface area contributed by atoms with Crippen LogP contribution in [0.4, 0.5) is 0 Å². The second kappa shape index (κ2) is 7.81. The number of amides is 2. The van der Waals surface area contributed by atoms with Crippen molar-refractivity contribution in [3.8, 4) is 0 Å². The summed E-state index contributed by atoms with van der Waals surface area (Å²) in [6.45, 7) is 0. The Morgan fingerprint density at radius 3 is 2.23 bits per heavy atom. The van der Waals surface area contributed by atoms with E-state index in [1.807, 2.05) is 29.2 Å². The van der Waals surface area contributed by atoms with Crippen molar-refractivity contribution in [3.63, 3.8) is 0 Å². The quantitative estimate of drug-likeness (QED) is 0.877. The van der Waals surface area contributed by atoms with Crippen LogP contribution >= 0.6 is 0 Å². The maximum Gasteiger partial charge on any atom is 0.255 e. The molecule has 3 aliphatic rings. The zero-order valence-corrected chi connectivity index (χ0v) is 15.6. The highest BCUT2D eigenvalue weighted by Crippen LogP contribution is 2.38. The molecule has 2 saturated carbocycles. The molecular formula is C22H30N2O2. The van der Waals surface area contributed by atoms with Gasteiger partial charge in [0.05, 0.1) is 0 Å². The van der Waals surface area contributed by atoms with Crippen molar-refractivity contribution in [3.05, 3.63) is 35.4 Å². The lowest BCUT2D eigenvalue weighted by Crippen LogP contribution is -2.46. The molecule has 140 valence electrons. The molecule has 2 fully saturated rings. The van der Waals surface area contributed by atoms with Gasteiger partial charge in [0.1, 0.15) is 6.04 Å². The van der Waals surface area contributed by atoms with Crippen molar-refractivity contribution >= 4 is 11.8 Å². The molecule has 0 spiro atoms. The molecule has 26 heavy (non-hydrogen) atoms. The number of carbonyl (C=O) groups is 2. The molecule has 4 nitrogen and oxygen atoms in total. The Bertz CT molecular complexity index is 658. The first-order chi connectivity index (χ1) is 12.8. The number of benzene rings is 1. The SMILES string of the molecule is O=C(NC1CCCC1)C1c2ccccc2C(=O)N1C1CCCCCCC1. The third-order valence-corrected chi connectivity index (χ3v) is 6.42. The summed E-state index contributed by atoms with van der Waals surface area (Å²) in [7, 11) is 0. The lowest BCUT2D eigenvalue weighted by molar-refractivity contribution is -0.127. The van der Waals surface area contributed by atoms with Crippen LogP contribution in [-0.4, -0.2) is 28.8 Å². The predicted molar refractivity (Wildman–Crippen MR) is 102 cm³/mol. The van der Waals surface area contributed by atoms with Crippen LogP contribution in [0.25, 0.3) is 0 Å². The second-order valence-corrected chi connectivity index (χ2v) is 8.19. The molecule has 1 aromatic carbocycles. The van der Waals surface area contributed by atoms with Gasteiger partial charge in [0.15, 0.2) is 0 Å². The minimum absolute atomic E-state index is 0.0252. The van der Waals surface area contributed by atoms with E-state index in [0.29, 0.717) is 0 Å². The average Bonchev–Trinajstić information content (AvgIpc) is 3.22. The maximum absolute atomic E-state index is 13.2. The first-order valence-corrected chi connectivity index (χ1v) is 10.5. The van der Waals surface area contributed by atoms with Crippen LogP contribution in [0.5, 0.6) is 0 Å². The Balaban J connectivity index is 1.61. The van der Waals surface area contributed by atoms with Crippen LogP contribution < -0.4 is 5.32 Å². The minimum atomic E-state index is -0.441. The summed E-state index contributed by atoms with van der Waals surface area (Å²) in [6.07, 6.45) is 12.6. The summed E-state index contributed by atoms with van der Waals surface area (Å²) in [5, 5.41) is 3.25. The van der Waals surface area contributed by atoms with Crippen LogP contribution in [0, 0.1) is 0 Å². The number of fused-ring (bicyclic) bond motifs is 1. The van der Waals surface area contributed by atoms with E-state index in [2.05, 4.69) is 5.32 Å². The normalized spacial score (nSPS) is 25.0. The van der Waals surface area contributed by atoms with Gasteiger partial charge in [-0.25, -0.2) is 0 Å². The van der Waals surface area contributed by atoms with E-state index in [9.17, 15) is 9.59 Å². The highest BCUT2D eigenvalue weighted by Gasteiger charge is 2.44. The highest BCUT2D eigenvalue weighted by molar-refractivity contribution is 6.04. The van der Waals surface area contributed by atoms with E-state index >= 15 is 0 Å². The van der Waals surface area contributed by atoms with Crippen molar-refractivity contribution < 1.29 is 9.59 Å². The Labute approximate surface area is 156 Å². The van der Waals surface area contributed by atoms with Gasteiger partial charge in [0.2, 0.25) is 5.91 Å². The fourth-order valence-corrected chi connectivity index (χ4v) is 5.04. The van der Waals surface area contributed by atoms with E-state index in [1.54, 1.807) is 0 Å². The molecule has 1 atom stereocenters.